The number of nitrogens with two attached hydrogens (primary N) is 1. The van der Waals surface area contributed by atoms with E-state index in [1.54, 1.807) is 0 Å². The Morgan fingerprint density at radius 2 is 1.79 bits per heavy atom. The second-order valence-corrected chi connectivity index (χ2v) is 7.45. The van der Waals surface area contributed by atoms with Crippen LogP contribution in [0.1, 0.15) is 50.3 Å². The molecule has 2 aromatic carbocycles. The SMILES string of the molecule is CC(C)(C)c1cccc2c1C(CCC#N)(C(N)=O)c1ccccc1-2. The third-order valence-electron chi connectivity index (χ3n) is 5.01. The van der Waals surface area contributed by atoms with Gasteiger partial charge in [-0.25, -0.2) is 0 Å². The van der Waals surface area contributed by atoms with E-state index in [0.29, 0.717) is 6.42 Å². The van der Waals surface area contributed by atoms with E-state index in [2.05, 4.69) is 39.0 Å². The largest absolute Gasteiger partial charge is 0.369 e. The zero-order valence-corrected chi connectivity index (χ0v) is 14.4. The number of primary amides is 1. The minimum Gasteiger partial charge on any atom is -0.369 e. The van der Waals surface area contributed by atoms with Gasteiger partial charge in [0.1, 0.15) is 5.41 Å². The summed E-state index contributed by atoms with van der Waals surface area (Å²) in [6.45, 7) is 6.42. The summed E-state index contributed by atoms with van der Waals surface area (Å²) in [5.41, 5.74) is 10.1. The summed E-state index contributed by atoms with van der Waals surface area (Å²) in [5, 5.41) is 9.15. The van der Waals surface area contributed by atoms with Gasteiger partial charge in [-0.05, 0) is 39.7 Å². The number of amides is 1. The van der Waals surface area contributed by atoms with Gasteiger partial charge in [0, 0.05) is 6.42 Å². The van der Waals surface area contributed by atoms with Crippen LogP contribution in [0.4, 0.5) is 0 Å². The highest BCUT2D eigenvalue weighted by Gasteiger charge is 2.49. The molecule has 0 saturated heterocycles. The Bertz CT molecular complexity index is 855. The lowest BCUT2D eigenvalue weighted by molar-refractivity contribution is -0.122. The van der Waals surface area contributed by atoms with Crippen LogP contribution in [-0.4, -0.2) is 5.91 Å². The molecule has 1 amide bonds. The van der Waals surface area contributed by atoms with Gasteiger partial charge in [0.05, 0.1) is 6.07 Å². The van der Waals surface area contributed by atoms with Gasteiger partial charge >= 0.3 is 0 Å². The molecule has 0 fully saturated rings. The summed E-state index contributed by atoms with van der Waals surface area (Å²) in [7, 11) is 0. The Morgan fingerprint density at radius 3 is 2.42 bits per heavy atom. The maximum Gasteiger partial charge on any atom is 0.232 e. The number of carbonyl (C=O) groups is 1. The number of rotatable bonds is 3. The summed E-state index contributed by atoms with van der Waals surface area (Å²) in [6, 6.07) is 16.3. The molecule has 3 rings (SSSR count). The van der Waals surface area contributed by atoms with E-state index in [1.807, 2.05) is 30.3 Å². The normalized spacial score (nSPS) is 18.6. The van der Waals surface area contributed by atoms with Crippen molar-refractivity contribution in [2.75, 3.05) is 0 Å². The van der Waals surface area contributed by atoms with Gasteiger partial charge in [-0.15, -0.1) is 0 Å². The quantitative estimate of drug-likeness (QED) is 0.928. The van der Waals surface area contributed by atoms with Crippen molar-refractivity contribution in [3.05, 3.63) is 59.2 Å². The highest BCUT2D eigenvalue weighted by atomic mass is 16.1. The lowest BCUT2D eigenvalue weighted by atomic mass is 9.69. The molecule has 3 heteroatoms. The topological polar surface area (TPSA) is 66.9 Å². The molecule has 0 saturated carbocycles. The average molecular weight is 318 g/mol. The van der Waals surface area contributed by atoms with Crippen molar-refractivity contribution in [1.29, 1.82) is 5.26 Å². The Balaban J connectivity index is 2.44. The Hall–Kier alpha value is -2.60. The van der Waals surface area contributed by atoms with Gasteiger partial charge in [-0.3, -0.25) is 4.79 Å². The van der Waals surface area contributed by atoms with E-state index < -0.39 is 5.41 Å². The molecule has 3 nitrogen and oxygen atoms in total. The van der Waals surface area contributed by atoms with Crippen molar-refractivity contribution in [2.24, 2.45) is 5.73 Å². The van der Waals surface area contributed by atoms with E-state index in [-0.39, 0.29) is 17.7 Å². The summed E-state index contributed by atoms with van der Waals surface area (Å²) in [6.07, 6.45) is 0.700. The first-order valence-corrected chi connectivity index (χ1v) is 8.24. The molecule has 2 N–H and O–H groups in total. The van der Waals surface area contributed by atoms with Gasteiger partial charge in [0.25, 0.3) is 0 Å². The predicted molar refractivity (Wildman–Crippen MR) is 95.4 cm³/mol. The van der Waals surface area contributed by atoms with Crippen molar-refractivity contribution in [3.63, 3.8) is 0 Å². The molecular formula is C21H22N2O. The molecule has 1 unspecified atom stereocenters. The lowest BCUT2D eigenvalue weighted by Gasteiger charge is -2.33. The third-order valence-corrected chi connectivity index (χ3v) is 5.01. The van der Waals surface area contributed by atoms with Crippen LogP contribution < -0.4 is 5.73 Å². The number of benzene rings is 2. The number of fused-ring (bicyclic) bond motifs is 3. The highest BCUT2D eigenvalue weighted by Crippen LogP contribution is 2.54. The zero-order valence-electron chi connectivity index (χ0n) is 14.4. The van der Waals surface area contributed by atoms with E-state index >= 15 is 0 Å². The molecule has 0 bridgehead atoms. The van der Waals surface area contributed by atoms with Crippen LogP contribution >= 0.6 is 0 Å². The van der Waals surface area contributed by atoms with Crippen LogP contribution in [0.3, 0.4) is 0 Å². The molecular weight excluding hydrogens is 296 g/mol. The first-order valence-electron chi connectivity index (χ1n) is 8.24. The molecule has 1 aliphatic carbocycles. The van der Waals surface area contributed by atoms with Crippen molar-refractivity contribution < 1.29 is 4.79 Å². The molecule has 0 aliphatic heterocycles. The number of nitriles is 1. The summed E-state index contributed by atoms with van der Waals surface area (Å²) >= 11 is 0. The number of carbonyl (C=O) groups excluding carboxylic acids is 1. The van der Waals surface area contributed by atoms with Gasteiger partial charge in [0.15, 0.2) is 0 Å². The van der Waals surface area contributed by atoms with Gasteiger partial charge in [-0.1, -0.05) is 63.2 Å². The maximum absolute atomic E-state index is 12.7. The minimum atomic E-state index is -0.925. The van der Waals surface area contributed by atoms with Gasteiger partial charge < -0.3 is 5.73 Å². The fraction of sp³-hybridized carbons (Fsp3) is 0.333. The van der Waals surface area contributed by atoms with Crippen LogP contribution in [0.25, 0.3) is 11.1 Å². The number of nitrogens with zero attached hydrogens (tertiary/aromatic N) is 1. The molecule has 0 aromatic heterocycles. The summed E-state index contributed by atoms with van der Waals surface area (Å²) in [5.74, 6) is -0.374. The molecule has 2 aromatic rings. The van der Waals surface area contributed by atoms with E-state index in [4.69, 9.17) is 11.0 Å². The van der Waals surface area contributed by atoms with Crippen molar-refractivity contribution in [2.45, 2.75) is 44.4 Å². The van der Waals surface area contributed by atoms with E-state index in [1.165, 1.54) is 0 Å². The average Bonchev–Trinajstić information content (AvgIpc) is 2.83. The fourth-order valence-corrected chi connectivity index (χ4v) is 3.97. The molecule has 1 aliphatic rings. The Morgan fingerprint density at radius 1 is 1.12 bits per heavy atom. The smallest absolute Gasteiger partial charge is 0.232 e. The monoisotopic (exact) mass is 318 g/mol. The highest BCUT2D eigenvalue weighted by molar-refractivity contribution is 6.00. The van der Waals surface area contributed by atoms with Crippen LogP contribution in [0.5, 0.6) is 0 Å². The Kier molecular flexibility index (Phi) is 3.72. The number of hydrogen-bond donors (Lipinski definition) is 1. The lowest BCUT2D eigenvalue weighted by Crippen LogP contribution is -2.42. The van der Waals surface area contributed by atoms with Crippen molar-refractivity contribution in [3.8, 4) is 17.2 Å². The first kappa shape index (κ1) is 16.3. The first-order chi connectivity index (χ1) is 11.3. The molecule has 24 heavy (non-hydrogen) atoms. The van der Waals surface area contributed by atoms with Crippen molar-refractivity contribution in [1.82, 2.24) is 0 Å². The van der Waals surface area contributed by atoms with Crippen LogP contribution in [-0.2, 0) is 15.6 Å². The van der Waals surface area contributed by atoms with Gasteiger partial charge in [0.2, 0.25) is 5.91 Å². The van der Waals surface area contributed by atoms with Crippen LogP contribution in [0.15, 0.2) is 42.5 Å². The zero-order chi connectivity index (χ0) is 17.5. The molecule has 0 spiro atoms. The van der Waals surface area contributed by atoms with Crippen LogP contribution in [0, 0.1) is 11.3 Å². The fourth-order valence-electron chi connectivity index (χ4n) is 3.97. The standard InChI is InChI=1S/C21H22N2O/c1-20(2,3)17-11-6-9-15-14-8-4-5-10-16(14)21(18(15)17,19(23)24)12-7-13-22/h4-6,8-11H,7,12H2,1-3H3,(H2,23,24). The van der Waals surface area contributed by atoms with Crippen molar-refractivity contribution >= 4 is 5.91 Å². The predicted octanol–water partition coefficient (Wildman–Crippen LogP) is 4.04. The second-order valence-electron chi connectivity index (χ2n) is 7.45. The van der Waals surface area contributed by atoms with E-state index in [9.17, 15) is 4.79 Å². The van der Waals surface area contributed by atoms with Crippen LogP contribution in [0.2, 0.25) is 0 Å². The Labute approximate surface area is 143 Å². The maximum atomic E-state index is 12.7. The van der Waals surface area contributed by atoms with E-state index in [0.717, 1.165) is 27.8 Å². The third kappa shape index (κ3) is 2.14. The van der Waals surface area contributed by atoms with Gasteiger partial charge in [-0.2, -0.15) is 5.26 Å². The molecule has 122 valence electrons. The molecule has 0 heterocycles. The minimum absolute atomic E-state index is 0.124. The summed E-state index contributed by atoms with van der Waals surface area (Å²) in [4.78, 5) is 12.7. The molecule has 1 atom stereocenters. The molecule has 0 radical (unpaired) electrons. The number of hydrogen-bond acceptors (Lipinski definition) is 2. The summed E-state index contributed by atoms with van der Waals surface area (Å²) < 4.78 is 0. The second kappa shape index (κ2) is 5.49.